The maximum atomic E-state index is 12.1. The fourth-order valence-corrected chi connectivity index (χ4v) is 3.05. The number of hydrogen-bond acceptors (Lipinski definition) is 3. The van der Waals surface area contributed by atoms with Crippen LogP contribution in [0.4, 0.5) is 0 Å². The Morgan fingerprint density at radius 1 is 1.29 bits per heavy atom. The van der Waals surface area contributed by atoms with Crippen molar-refractivity contribution in [3.05, 3.63) is 63.9 Å². The fourth-order valence-electron chi connectivity index (χ4n) is 2.70. The van der Waals surface area contributed by atoms with E-state index in [1.54, 1.807) is 18.2 Å². The molecule has 1 atom stereocenters. The molecule has 0 fully saturated rings. The van der Waals surface area contributed by atoms with E-state index in [0.29, 0.717) is 16.7 Å². The normalized spacial score (nSPS) is 20.1. The van der Waals surface area contributed by atoms with Crippen molar-refractivity contribution in [2.75, 3.05) is 6.54 Å². The summed E-state index contributed by atoms with van der Waals surface area (Å²) in [7, 11) is 0. The average molecular weight is 347 g/mol. The molecular weight excluding hydrogens is 332 g/mol. The van der Waals surface area contributed by atoms with Crippen molar-refractivity contribution in [1.82, 2.24) is 10.3 Å². The van der Waals surface area contributed by atoms with Crippen molar-refractivity contribution in [3.8, 4) is 0 Å². The van der Waals surface area contributed by atoms with Crippen molar-refractivity contribution >= 4 is 21.8 Å². The van der Waals surface area contributed by atoms with Gasteiger partial charge in [0.15, 0.2) is 0 Å². The summed E-state index contributed by atoms with van der Waals surface area (Å²) in [5.74, 6) is -0.283. The molecule has 2 aromatic rings. The number of aryl methyl sites for hydroxylation is 1. The van der Waals surface area contributed by atoms with E-state index >= 15 is 0 Å². The van der Waals surface area contributed by atoms with Crippen molar-refractivity contribution in [3.63, 3.8) is 0 Å². The zero-order valence-electron chi connectivity index (χ0n) is 11.3. The smallest absolute Gasteiger partial charge is 0.270 e. The van der Waals surface area contributed by atoms with Gasteiger partial charge in [0.2, 0.25) is 0 Å². The molecule has 1 unspecified atom stereocenters. The Balaban J connectivity index is 1.72. The Morgan fingerprint density at radius 3 is 2.90 bits per heavy atom. The largest absolute Gasteiger partial charge is 0.383 e. The molecule has 0 aliphatic heterocycles. The van der Waals surface area contributed by atoms with E-state index in [4.69, 9.17) is 0 Å². The molecule has 0 spiro atoms. The third-order valence-corrected chi connectivity index (χ3v) is 4.26. The number of halogens is 1. The summed E-state index contributed by atoms with van der Waals surface area (Å²) in [5, 5.41) is 13.5. The van der Waals surface area contributed by atoms with E-state index in [-0.39, 0.29) is 12.5 Å². The molecule has 2 N–H and O–H groups in total. The van der Waals surface area contributed by atoms with Gasteiger partial charge in [0.25, 0.3) is 5.91 Å². The van der Waals surface area contributed by atoms with Crippen LogP contribution in [0.5, 0.6) is 0 Å². The minimum Gasteiger partial charge on any atom is -0.383 e. The maximum Gasteiger partial charge on any atom is 0.270 e. The minimum atomic E-state index is -0.988. The van der Waals surface area contributed by atoms with E-state index in [9.17, 15) is 9.90 Å². The monoisotopic (exact) mass is 346 g/mol. The predicted octanol–water partition coefficient (Wildman–Crippen LogP) is 2.41. The van der Waals surface area contributed by atoms with Gasteiger partial charge in [-0.1, -0.05) is 30.3 Å². The first-order chi connectivity index (χ1) is 10.1. The molecular formula is C16H15BrN2O2. The number of aromatic nitrogens is 1. The molecule has 1 amide bonds. The minimum absolute atomic E-state index is 0.192. The van der Waals surface area contributed by atoms with Gasteiger partial charge >= 0.3 is 0 Å². The summed E-state index contributed by atoms with van der Waals surface area (Å²) in [6.45, 7) is 0.192. The van der Waals surface area contributed by atoms with Gasteiger partial charge in [0, 0.05) is 0 Å². The molecule has 0 radical (unpaired) electrons. The third kappa shape index (κ3) is 2.84. The van der Waals surface area contributed by atoms with E-state index in [1.807, 2.05) is 24.3 Å². The van der Waals surface area contributed by atoms with E-state index < -0.39 is 5.60 Å². The summed E-state index contributed by atoms with van der Waals surface area (Å²) in [6, 6.07) is 13.0. The predicted molar refractivity (Wildman–Crippen MR) is 82.9 cm³/mol. The highest BCUT2D eigenvalue weighted by Crippen LogP contribution is 2.36. The van der Waals surface area contributed by atoms with Gasteiger partial charge in [0.05, 0.1) is 6.54 Å². The second kappa shape index (κ2) is 5.58. The number of nitrogens with one attached hydrogen (secondary N) is 1. The van der Waals surface area contributed by atoms with Crippen LogP contribution in [0.1, 0.15) is 28.0 Å². The summed E-state index contributed by atoms with van der Waals surface area (Å²) >= 11 is 3.24. The van der Waals surface area contributed by atoms with Gasteiger partial charge in [-0.05, 0) is 52.0 Å². The van der Waals surface area contributed by atoms with Gasteiger partial charge in [-0.15, -0.1) is 0 Å². The lowest BCUT2D eigenvalue weighted by Gasteiger charge is -2.24. The molecule has 1 aliphatic carbocycles. The van der Waals surface area contributed by atoms with Crippen LogP contribution in [-0.2, 0) is 12.0 Å². The van der Waals surface area contributed by atoms with Gasteiger partial charge < -0.3 is 10.4 Å². The number of amides is 1. The molecule has 0 saturated heterocycles. The molecule has 1 aliphatic rings. The number of nitrogens with zero attached hydrogens (tertiary/aromatic N) is 1. The van der Waals surface area contributed by atoms with E-state index in [2.05, 4.69) is 26.2 Å². The van der Waals surface area contributed by atoms with Crippen molar-refractivity contribution in [2.24, 2.45) is 0 Å². The Kier molecular flexibility index (Phi) is 3.78. The van der Waals surface area contributed by atoms with Crippen molar-refractivity contribution in [1.29, 1.82) is 0 Å². The summed E-state index contributed by atoms with van der Waals surface area (Å²) < 4.78 is 0.611. The van der Waals surface area contributed by atoms with Crippen molar-refractivity contribution < 1.29 is 9.90 Å². The van der Waals surface area contributed by atoms with Crippen LogP contribution in [0.2, 0.25) is 0 Å². The second-order valence-electron chi connectivity index (χ2n) is 5.22. The number of carbonyl (C=O) groups excluding carboxylic acids is 1. The van der Waals surface area contributed by atoms with Gasteiger partial charge in [0.1, 0.15) is 15.9 Å². The highest BCUT2D eigenvalue weighted by Gasteiger charge is 2.36. The molecule has 1 aromatic heterocycles. The van der Waals surface area contributed by atoms with Crippen LogP contribution >= 0.6 is 15.9 Å². The Morgan fingerprint density at radius 2 is 2.10 bits per heavy atom. The summed E-state index contributed by atoms with van der Waals surface area (Å²) in [4.78, 5) is 16.2. The van der Waals surface area contributed by atoms with Gasteiger partial charge in [-0.2, -0.15) is 0 Å². The highest BCUT2D eigenvalue weighted by molar-refractivity contribution is 9.10. The standard InChI is InChI=1S/C16H15BrN2O2/c17-14-7-3-6-13(19-14)15(20)18-10-16(21)9-8-11-4-1-2-5-12(11)16/h1-7,21H,8-10H2,(H,18,20). The fraction of sp³-hybridized carbons (Fsp3) is 0.250. The average Bonchev–Trinajstić information content (AvgIpc) is 2.83. The van der Waals surface area contributed by atoms with Crippen LogP contribution in [0.25, 0.3) is 0 Å². The van der Waals surface area contributed by atoms with Crippen LogP contribution in [0.3, 0.4) is 0 Å². The molecule has 1 heterocycles. The zero-order valence-corrected chi connectivity index (χ0v) is 12.9. The molecule has 1 aromatic carbocycles. The number of fused-ring (bicyclic) bond motifs is 1. The molecule has 108 valence electrons. The molecule has 5 heteroatoms. The van der Waals surface area contributed by atoms with E-state index in [1.165, 1.54) is 0 Å². The Hall–Kier alpha value is -1.72. The van der Waals surface area contributed by atoms with Crippen LogP contribution in [-0.4, -0.2) is 22.5 Å². The van der Waals surface area contributed by atoms with Crippen LogP contribution in [0, 0.1) is 0 Å². The van der Waals surface area contributed by atoms with Gasteiger partial charge in [-0.25, -0.2) is 4.98 Å². The summed E-state index contributed by atoms with van der Waals surface area (Å²) in [6.07, 6.45) is 1.45. The number of benzene rings is 1. The molecule has 0 bridgehead atoms. The summed E-state index contributed by atoms with van der Waals surface area (Å²) in [5.41, 5.74) is 1.40. The highest BCUT2D eigenvalue weighted by atomic mass is 79.9. The van der Waals surface area contributed by atoms with E-state index in [0.717, 1.165) is 17.5 Å². The SMILES string of the molecule is O=C(NCC1(O)CCc2ccccc21)c1cccc(Br)n1. The first-order valence-electron chi connectivity index (χ1n) is 6.80. The van der Waals surface area contributed by atoms with Crippen molar-refractivity contribution in [2.45, 2.75) is 18.4 Å². The van der Waals surface area contributed by atoms with Gasteiger partial charge in [-0.3, -0.25) is 4.79 Å². The zero-order chi connectivity index (χ0) is 14.9. The third-order valence-electron chi connectivity index (χ3n) is 3.82. The van der Waals surface area contributed by atoms with Crippen LogP contribution < -0.4 is 5.32 Å². The topological polar surface area (TPSA) is 62.2 Å². The second-order valence-corrected chi connectivity index (χ2v) is 6.03. The Labute approximate surface area is 131 Å². The molecule has 0 saturated carbocycles. The number of hydrogen-bond donors (Lipinski definition) is 2. The lowest BCUT2D eigenvalue weighted by molar-refractivity contribution is 0.0368. The molecule has 3 rings (SSSR count). The number of rotatable bonds is 3. The molecule has 21 heavy (non-hydrogen) atoms. The Bertz CT molecular complexity index is 689. The number of carbonyl (C=O) groups is 1. The van der Waals surface area contributed by atoms with Crippen LogP contribution in [0.15, 0.2) is 47.1 Å². The maximum absolute atomic E-state index is 12.1. The first-order valence-corrected chi connectivity index (χ1v) is 7.59. The number of aliphatic hydroxyl groups is 1. The number of pyridine rings is 1. The first kappa shape index (κ1) is 14.2. The molecule has 4 nitrogen and oxygen atoms in total. The lowest BCUT2D eigenvalue weighted by atomic mass is 9.96. The quantitative estimate of drug-likeness (QED) is 0.839. The lowest BCUT2D eigenvalue weighted by Crippen LogP contribution is -2.39.